The Labute approximate surface area is 196 Å². The molecule has 1 aromatic heterocycles. The average molecular weight is 460 g/mol. The summed E-state index contributed by atoms with van der Waals surface area (Å²) in [5.41, 5.74) is 1.20. The van der Waals surface area contributed by atoms with E-state index in [1.54, 1.807) is 19.9 Å². The molecule has 3 N–H and O–H groups in total. The van der Waals surface area contributed by atoms with Crippen LogP contribution in [0.4, 0.5) is 0 Å². The Hall–Kier alpha value is -2.48. The standard InChI is InChI=1S/C26H37NO6/c1-4-5-7-13-22(30)25-23(33-26(27-25)19-11-8-6-9-12-19)17-16-21(29)20(28)14-10-15-24(31)32-18(2)3/h6,8-9,11-12,16-18,20-22,28-30H,4-5,7,10,13-15H2,1-3H3/b17-16+/t20-,21+,22+/m0/s1. The molecule has 7 nitrogen and oxygen atoms in total. The summed E-state index contributed by atoms with van der Waals surface area (Å²) in [7, 11) is 0. The first kappa shape index (κ1) is 26.8. The number of hydrogen-bond donors (Lipinski definition) is 3. The van der Waals surface area contributed by atoms with Crippen molar-refractivity contribution in [1.82, 2.24) is 4.98 Å². The number of oxazole rings is 1. The van der Waals surface area contributed by atoms with Crippen LogP contribution >= 0.6 is 0 Å². The van der Waals surface area contributed by atoms with Gasteiger partial charge in [-0.05, 0) is 57.4 Å². The Balaban J connectivity index is 2.06. The number of aliphatic hydroxyl groups excluding tert-OH is 3. The number of benzene rings is 1. The minimum absolute atomic E-state index is 0.176. The second-order valence-electron chi connectivity index (χ2n) is 8.49. The summed E-state index contributed by atoms with van der Waals surface area (Å²) < 4.78 is 11.0. The van der Waals surface area contributed by atoms with Gasteiger partial charge < -0.3 is 24.5 Å². The molecule has 0 amide bonds. The summed E-state index contributed by atoms with van der Waals surface area (Å²) in [5.74, 6) is 0.419. The van der Waals surface area contributed by atoms with Crippen LogP contribution in [0.1, 0.15) is 83.3 Å². The Morgan fingerprint density at radius 2 is 1.82 bits per heavy atom. The zero-order valence-corrected chi connectivity index (χ0v) is 19.8. The van der Waals surface area contributed by atoms with Gasteiger partial charge in [-0.2, -0.15) is 0 Å². The highest BCUT2D eigenvalue weighted by atomic mass is 16.5. The molecule has 33 heavy (non-hydrogen) atoms. The van der Waals surface area contributed by atoms with E-state index in [9.17, 15) is 20.1 Å². The second-order valence-corrected chi connectivity index (χ2v) is 8.49. The molecule has 182 valence electrons. The van der Waals surface area contributed by atoms with Crippen molar-refractivity contribution in [2.75, 3.05) is 0 Å². The van der Waals surface area contributed by atoms with Gasteiger partial charge in [0.05, 0.1) is 24.4 Å². The van der Waals surface area contributed by atoms with Gasteiger partial charge in [0.2, 0.25) is 5.89 Å². The van der Waals surface area contributed by atoms with Gasteiger partial charge in [0.1, 0.15) is 5.69 Å². The Morgan fingerprint density at radius 3 is 2.48 bits per heavy atom. The molecule has 0 spiro atoms. The summed E-state index contributed by atoms with van der Waals surface area (Å²) in [5, 5.41) is 31.3. The smallest absolute Gasteiger partial charge is 0.306 e. The second kappa shape index (κ2) is 13.9. The average Bonchev–Trinajstić information content (AvgIpc) is 3.22. The highest BCUT2D eigenvalue weighted by Gasteiger charge is 2.21. The van der Waals surface area contributed by atoms with Crippen molar-refractivity contribution < 1.29 is 29.3 Å². The van der Waals surface area contributed by atoms with E-state index in [0.29, 0.717) is 30.2 Å². The molecule has 2 rings (SSSR count). The van der Waals surface area contributed by atoms with Crippen LogP contribution in [-0.4, -0.2) is 44.6 Å². The fraction of sp³-hybridized carbons (Fsp3) is 0.538. The number of ether oxygens (including phenoxy) is 1. The number of rotatable bonds is 14. The van der Waals surface area contributed by atoms with Gasteiger partial charge in [0.25, 0.3) is 0 Å². The van der Waals surface area contributed by atoms with Gasteiger partial charge in [-0.1, -0.05) is 44.4 Å². The van der Waals surface area contributed by atoms with Gasteiger partial charge in [-0.3, -0.25) is 4.79 Å². The molecule has 0 aliphatic heterocycles. The molecule has 0 fully saturated rings. The van der Waals surface area contributed by atoms with E-state index in [1.165, 1.54) is 6.08 Å². The number of nitrogens with zero attached hydrogens (tertiary/aromatic N) is 1. The van der Waals surface area contributed by atoms with Crippen LogP contribution < -0.4 is 0 Å². The first-order valence-electron chi connectivity index (χ1n) is 11.8. The number of esters is 1. The molecule has 1 aromatic carbocycles. The van der Waals surface area contributed by atoms with E-state index in [-0.39, 0.29) is 24.9 Å². The molecule has 7 heteroatoms. The molecule has 0 radical (unpaired) electrons. The minimum Gasteiger partial charge on any atom is -0.463 e. The first-order valence-corrected chi connectivity index (χ1v) is 11.8. The van der Waals surface area contributed by atoms with Crippen molar-refractivity contribution >= 4 is 12.0 Å². The predicted molar refractivity (Wildman–Crippen MR) is 127 cm³/mol. The number of unbranched alkanes of at least 4 members (excludes halogenated alkanes) is 2. The van der Waals surface area contributed by atoms with Gasteiger partial charge in [-0.15, -0.1) is 0 Å². The summed E-state index contributed by atoms with van der Waals surface area (Å²) in [6.45, 7) is 5.66. The molecule has 0 aliphatic rings. The zero-order chi connectivity index (χ0) is 24.2. The molecule has 0 saturated carbocycles. The lowest BCUT2D eigenvalue weighted by atomic mass is 10.0. The normalized spacial score (nSPS) is 14.5. The molecule has 2 aromatic rings. The quantitative estimate of drug-likeness (QED) is 0.274. The maximum absolute atomic E-state index is 11.6. The van der Waals surface area contributed by atoms with Crippen LogP contribution in [0.15, 0.2) is 40.8 Å². The molecular formula is C26H37NO6. The van der Waals surface area contributed by atoms with E-state index in [2.05, 4.69) is 11.9 Å². The lowest BCUT2D eigenvalue weighted by Gasteiger charge is -2.14. The summed E-state index contributed by atoms with van der Waals surface area (Å²) in [4.78, 5) is 16.1. The minimum atomic E-state index is -1.15. The number of aromatic nitrogens is 1. The zero-order valence-electron chi connectivity index (χ0n) is 19.8. The van der Waals surface area contributed by atoms with Crippen LogP contribution in [0.2, 0.25) is 0 Å². The van der Waals surface area contributed by atoms with Crippen LogP contribution in [0.3, 0.4) is 0 Å². The van der Waals surface area contributed by atoms with Crippen molar-refractivity contribution in [1.29, 1.82) is 0 Å². The van der Waals surface area contributed by atoms with Crippen LogP contribution in [-0.2, 0) is 9.53 Å². The van der Waals surface area contributed by atoms with Gasteiger partial charge >= 0.3 is 5.97 Å². The van der Waals surface area contributed by atoms with E-state index in [4.69, 9.17) is 9.15 Å². The highest BCUT2D eigenvalue weighted by molar-refractivity contribution is 5.69. The van der Waals surface area contributed by atoms with E-state index in [0.717, 1.165) is 24.8 Å². The fourth-order valence-corrected chi connectivity index (χ4v) is 3.39. The summed E-state index contributed by atoms with van der Waals surface area (Å²) in [6, 6.07) is 9.39. The van der Waals surface area contributed by atoms with Crippen LogP contribution in [0.5, 0.6) is 0 Å². The molecule has 0 bridgehead atoms. The molecule has 0 saturated heterocycles. The van der Waals surface area contributed by atoms with Crippen molar-refractivity contribution in [3.63, 3.8) is 0 Å². The highest BCUT2D eigenvalue weighted by Crippen LogP contribution is 2.29. The fourth-order valence-electron chi connectivity index (χ4n) is 3.39. The lowest BCUT2D eigenvalue weighted by Crippen LogP contribution is -2.24. The Kier molecular flexibility index (Phi) is 11.3. The van der Waals surface area contributed by atoms with E-state index < -0.39 is 18.3 Å². The number of hydrogen-bond acceptors (Lipinski definition) is 7. The summed E-state index contributed by atoms with van der Waals surface area (Å²) >= 11 is 0. The molecule has 1 heterocycles. The monoisotopic (exact) mass is 459 g/mol. The predicted octanol–water partition coefficient (Wildman–Crippen LogP) is 4.81. The van der Waals surface area contributed by atoms with E-state index >= 15 is 0 Å². The Bertz CT molecular complexity index is 861. The van der Waals surface area contributed by atoms with Crippen LogP contribution in [0, 0.1) is 0 Å². The SMILES string of the molecule is CCCCC[C@@H](O)c1nc(-c2ccccc2)oc1/C=C/[C@@H](O)[C@@H](O)CCCC(=O)OC(C)C. The topological polar surface area (TPSA) is 113 Å². The third-order valence-corrected chi connectivity index (χ3v) is 5.19. The van der Waals surface area contributed by atoms with Crippen LogP contribution in [0.25, 0.3) is 17.5 Å². The van der Waals surface area contributed by atoms with Crippen molar-refractivity contribution in [2.45, 2.75) is 90.1 Å². The van der Waals surface area contributed by atoms with E-state index in [1.807, 2.05) is 30.3 Å². The lowest BCUT2D eigenvalue weighted by molar-refractivity contribution is -0.147. The third-order valence-electron chi connectivity index (χ3n) is 5.19. The molecule has 0 unspecified atom stereocenters. The maximum Gasteiger partial charge on any atom is 0.306 e. The third kappa shape index (κ3) is 9.12. The largest absolute Gasteiger partial charge is 0.463 e. The first-order chi connectivity index (χ1) is 15.8. The molecule has 3 atom stereocenters. The molecule has 0 aliphatic carbocycles. The van der Waals surface area contributed by atoms with Gasteiger partial charge in [-0.25, -0.2) is 4.98 Å². The van der Waals surface area contributed by atoms with Gasteiger partial charge in [0.15, 0.2) is 5.76 Å². The van der Waals surface area contributed by atoms with Crippen molar-refractivity contribution in [3.05, 3.63) is 47.9 Å². The Morgan fingerprint density at radius 1 is 1.09 bits per heavy atom. The van der Waals surface area contributed by atoms with Gasteiger partial charge in [0, 0.05) is 12.0 Å². The van der Waals surface area contributed by atoms with Crippen molar-refractivity contribution in [2.24, 2.45) is 0 Å². The number of carbonyl (C=O) groups excluding carboxylic acids is 1. The van der Waals surface area contributed by atoms with Crippen molar-refractivity contribution in [3.8, 4) is 11.5 Å². The maximum atomic E-state index is 11.6. The molecular weight excluding hydrogens is 422 g/mol. The number of carbonyl (C=O) groups is 1. The number of aliphatic hydroxyl groups is 3. The summed E-state index contributed by atoms with van der Waals surface area (Å²) in [6.07, 6.45) is 4.14.